The molecule has 5 nitrogen and oxygen atoms in total. The first-order valence-corrected chi connectivity index (χ1v) is 7.70. The zero-order valence-corrected chi connectivity index (χ0v) is 12.9. The zero-order valence-electron chi connectivity index (χ0n) is 12.9. The Morgan fingerprint density at radius 3 is 2.70 bits per heavy atom. The predicted molar refractivity (Wildman–Crippen MR) is 86.0 cm³/mol. The highest BCUT2D eigenvalue weighted by Crippen LogP contribution is 2.35. The van der Waals surface area contributed by atoms with Crippen LogP contribution in [0.15, 0.2) is 48.8 Å². The van der Waals surface area contributed by atoms with Crippen molar-refractivity contribution in [3.63, 3.8) is 0 Å². The van der Waals surface area contributed by atoms with Crippen molar-refractivity contribution < 1.29 is 15.0 Å². The van der Waals surface area contributed by atoms with Gasteiger partial charge in [0.2, 0.25) is 0 Å². The van der Waals surface area contributed by atoms with Crippen molar-refractivity contribution in [2.45, 2.75) is 37.5 Å². The van der Waals surface area contributed by atoms with Crippen LogP contribution in [0.2, 0.25) is 0 Å². The lowest BCUT2D eigenvalue weighted by atomic mass is 9.94. The predicted octanol–water partition coefficient (Wildman–Crippen LogP) is 1.40. The number of pyridine rings is 1. The van der Waals surface area contributed by atoms with Gasteiger partial charge in [-0.1, -0.05) is 24.3 Å². The number of hydrogen-bond acceptors (Lipinski definition) is 4. The molecule has 120 valence electrons. The maximum absolute atomic E-state index is 12.5. The Bertz CT molecular complexity index is 690. The van der Waals surface area contributed by atoms with Gasteiger partial charge in [-0.25, -0.2) is 0 Å². The molecule has 5 heteroatoms. The Labute approximate surface area is 135 Å². The van der Waals surface area contributed by atoms with E-state index in [1.807, 2.05) is 31.2 Å². The van der Waals surface area contributed by atoms with Gasteiger partial charge in [0.1, 0.15) is 6.10 Å². The summed E-state index contributed by atoms with van der Waals surface area (Å²) in [6.07, 6.45) is 1.93. The van der Waals surface area contributed by atoms with Gasteiger partial charge in [0.25, 0.3) is 5.91 Å². The standard InChI is InChI=1S/C18H20N2O3/c1-11-5-2-3-7-13(11)18(23)20-16-14(9-15(21)17(16)22)12-6-4-8-19-10-12/h2-8,10,14-17,21-22H,9H2,1H3,(H,20,23). The van der Waals surface area contributed by atoms with Crippen LogP contribution in [0.25, 0.3) is 0 Å². The van der Waals surface area contributed by atoms with Crippen LogP contribution in [0, 0.1) is 6.92 Å². The SMILES string of the molecule is Cc1ccccc1C(=O)NC1C(c2cccnc2)CC(O)C1O. The monoisotopic (exact) mass is 312 g/mol. The minimum atomic E-state index is -0.992. The van der Waals surface area contributed by atoms with E-state index >= 15 is 0 Å². The summed E-state index contributed by atoms with van der Waals surface area (Å²) in [5.74, 6) is -0.406. The first-order valence-electron chi connectivity index (χ1n) is 7.70. The third-order valence-electron chi connectivity index (χ3n) is 4.49. The summed E-state index contributed by atoms with van der Waals surface area (Å²) in [6.45, 7) is 1.87. The molecule has 1 aliphatic rings. The fourth-order valence-electron chi connectivity index (χ4n) is 3.21. The number of aliphatic hydroxyl groups excluding tert-OH is 2. The van der Waals surface area contributed by atoms with Crippen LogP contribution >= 0.6 is 0 Å². The van der Waals surface area contributed by atoms with Crippen molar-refractivity contribution >= 4 is 5.91 Å². The van der Waals surface area contributed by atoms with E-state index in [0.29, 0.717) is 12.0 Å². The van der Waals surface area contributed by atoms with Gasteiger partial charge in [-0.2, -0.15) is 0 Å². The van der Waals surface area contributed by atoms with Crippen LogP contribution in [0.4, 0.5) is 0 Å². The Kier molecular flexibility index (Phi) is 4.41. The summed E-state index contributed by atoms with van der Waals surface area (Å²) in [5.41, 5.74) is 2.35. The quantitative estimate of drug-likeness (QED) is 0.800. The second-order valence-corrected chi connectivity index (χ2v) is 6.00. The zero-order chi connectivity index (χ0) is 16.4. The van der Waals surface area contributed by atoms with Crippen LogP contribution in [-0.4, -0.2) is 39.4 Å². The van der Waals surface area contributed by atoms with E-state index in [0.717, 1.165) is 11.1 Å². The number of benzene rings is 1. The molecule has 0 aliphatic heterocycles. The Morgan fingerprint density at radius 2 is 2.00 bits per heavy atom. The van der Waals surface area contributed by atoms with Crippen molar-refractivity contribution in [2.75, 3.05) is 0 Å². The molecule has 0 radical (unpaired) electrons. The Morgan fingerprint density at radius 1 is 1.22 bits per heavy atom. The van der Waals surface area contributed by atoms with Gasteiger partial charge in [0.15, 0.2) is 0 Å². The highest BCUT2D eigenvalue weighted by molar-refractivity contribution is 5.95. The number of aliphatic hydroxyl groups is 2. The minimum Gasteiger partial charge on any atom is -0.390 e. The molecule has 2 aromatic rings. The maximum Gasteiger partial charge on any atom is 0.251 e. The van der Waals surface area contributed by atoms with E-state index in [-0.39, 0.29) is 11.8 Å². The summed E-state index contributed by atoms with van der Waals surface area (Å²) in [5, 5.41) is 23.2. The molecule has 1 fully saturated rings. The first-order chi connectivity index (χ1) is 11.1. The van der Waals surface area contributed by atoms with Gasteiger partial charge in [-0.15, -0.1) is 0 Å². The molecule has 0 bridgehead atoms. The van der Waals surface area contributed by atoms with Crippen molar-refractivity contribution in [3.8, 4) is 0 Å². The van der Waals surface area contributed by atoms with Crippen molar-refractivity contribution in [1.82, 2.24) is 10.3 Å². The Hall–Kier alpha value is -2.24. The molecular formula is C18H20N2O3. The number of aromatic nitrogens is 1. The van der Waals surface area contributed by atoms with Gasteiger partial charge >= 0.3 is 0 Å². The molecule has 4 unspecified atom stereocenters. The maximum atomic E-state index is 12.5. The number of hydrogen-bond donors (Lipinski definition) is 3. The lowest BCUT2D eigenvalue weighted by Crippen LogP contribution is -2.45. The molecule has 1 aromatic carbocycles. The van der Waals surface area contributed by atoms with Gasteiger partial charge < -0.3 is 15.5 Å². The number of amides is 1. The van der Waals surface area contributed by atoms with Crippen molar-refractivity contribution in [3.05, 3.63) is 65.5 Å². The van der Waals surface area contributed by atoms with E-state index in [4.69, 9.17) is 0 Å². The van der Waals surface area contributed by atoms with Crippen LogP contribution in [0.1, 0.15) is 33.8 Å². The van der Waals surface area contributed by atoms with Gasteiger partial charge in [0, 0.05) is 23.9 Å². The van der Waals surface area contributed by atoms with Crippen LogP contribution in [-0.2, 0) is 0 Å². The third kappa shape index (κ3) is 3.11. The smallest absolute Gasteiger partial charge is 0.251 e. The molecule has 1 aromatic heterocycles. The van der Waals surface area contributed by atoms with E-state index in [1.54, 1.807) is 24.5 Å². The summed E-state index contributed by atoms with van der Waals surface area (Å²) in [7, 11) is 0. The minimum absolute atomic E-state index is 0.165. The Balaban J connectivity index is 1.84. The summed E-state index contributed by atoms with van der Waals surface area (Å²) in [6, 6.07) is 10.5. The van der Waals surface area contributed by atoms with E-state index in [9.17, 15) is 15.0 Å². The normalized spacial score (nSPS) is 26.9. The largest absolute Gasteiger partial charge is 0.390 e. The highest BCUT2D eigenvalue weighted by Gasteiger charge is 2.43. The van der Waals surface area contributed by atoms with Crippen LogP contribution < -0.4 is 5.32 Å². The molecule has 3 N–H and O–H groups in total. The summed E-state index contributed by atoms with van der Waals surface area (Å²) < 4.78 is 0. The molecule has 0 saturated heterocycles. The lowest BCUT2D eigenvalue weighted by molar-refractivity contribution is 0.0294. The second kappa shape index (κ2) is 6.48. The second-order valence-electron chi connectivity index (χ2n) is 6.00. The number of nitrogens with one attached hydrogen (secondary N) is 1. The molecule has 1 saturated carbocycles. The fourth-order valence-corrected chi connectivity index (χ4v) is 3.21. The molecule has 0 spiro atoms. The molecule has 3 rings (SSSR count). The number of rotatable bonds is 3. The average molecular weight is 312 g/mol. The fraction of sp³-hybridized carbons (Fsp3) is 0.333. The summed E-state index contributed by atoms with van der Waals surface area (Å²) >= 11 is 0. The number of carbonyl (C=O) groups is 1. The van der Waals surface area contributed by atoms with E-state index in [2.05, 4.69) is 10.3 Å². The van der Waals surface area contributed by atoms with Gasteiger partial charge in [0.05, 0.1) is 12.1 Å². The molecule has 1 heterocycles. The first kappa shape index (κ1) is 15.6. The van der Waals surface area contributed by atoms with Crippen LogP contribution in [0.5, 0.6) is 0 Å². The van der Waals surface area contributed by atoms with Gasteiger partial charge in [-0.05, 0) is 36.6 Å². The van der Waals surface area contributed by atoms with E-state index in [1.165, 1.54) is 0 Å². The molecular weight excluding hydrogens is 292 g/mol. The lowest BCUT2D eigenvalue weighted by Gasteiger charge is -2.24. The molecule has 23 heavy (non-hydrogen) atoms. The third-order valence-corrected chi connectivity index (χ3v) is 4.49. The summed E-state index contributed by atoms with van der Waals surface area (Å²) in [4.78, 5) is 16.6. The highest BCUT2D eigenvalue weighted by atomic mass is 16.3. The number of carbonyl (C=O) groups excluding carboxylic acids is 1. The molecule has 1 amide bonds. The van der Waals surface area contributed by atoms with Crippen molar-refractivity contribution in [1.29, 1.82) is 0 Å². The van der Waals surface area contributed by atoms with E-state index < -0.39 is 18.2 Å². The molecule has 4 atom stereocenters. The molecule has 1 aliphatic carbocycles. The number of aryl methyl sites for hydroxylation is 1. The topological polar surface area (TPSA) is 82.5 Å². The van der Waals surface area contributed by atoms with Crippen LogP contribution in [0.3, 0.4) is 0 Å². The van der Waals surface area contributed by atoms with Gasteiger partial charge in [-0.3, -0.25) is 9.78 Å². The van der Waals surface area contributed by atoms with Crippen molar-refractivity contribution in [2.24, 2.45) is 0 Å². The number of nitrogens with zero attached hydrogens (tertiary/aromatic N) is 1. The average Bonchev–Trinajstić information content (AvgIpc) is 2.84.